The van der Waals surface area contributed by atoms with Gasteiger partial charge in [0.05, 0.1) is 0 Å². The molecular weight excluding hydrogens is 416 g/mol. The molecule has 1 atom stereocenters. The summed E-state index contributed by atoms with van der Waals surface area (Å²) in [5, 5.41) is 4.33. The fourth-order valence-corrected chi connectivity index (χ4v) is 4.28. The molecule has 34 heavy (non-hydrogen) atoms. The van der Waals surface area contributed by atoms with Crippen LogP contribution in [0.5, 0.6) is 0 Å². The molecule has 0 spiro atoms. The third kappa shape index (κ3) is 20.1. The zero-order valence-electron chi connectivity index (χ0n) is 23.7. The molecular formula is C31H58N2O. The highest BCUT2D eigenvalue weighted by molar-refractivity contribution is 5.77. The molecule has 0 bridgehead atoms. The van der Waals surface area contributed by atoms with Crippen molar-refractivity contribution < 1.29 is 4.79 Å². The Morgan fingerprint density at radius 2 is 1.21 bits per heavy atom. The number of unbranched alkanes of at least 4 members (excludes halogenated alkanes) is 15. The van der Waals surface area contributed by atoms with Gasteiger partial charge in [0, 0.05) is 18.1 Å². The molecule has 0 fully saturated rings. The maximum atomic E-state index is 12.2. The molecule has 0 unspecified atom stereocenters. The van der Waals surface area contributed by atoms with Crippen molar-refractivity contribution in [3.63, 3.8) is 0 Å². The van der Waals surface area contributed by atoms with Crippen molar-refractivity contribution in [3.8, 4) is 0 Å². The average molecular weight is 475 g/mol. The summed E-state index contributed by atoms with van der Waals surface area (Å²) >= 11 is 0. The number of nitrogens with zero attached hydrogens (tertiary/aromatic N) is 1. The van der Waals surface area contributed by atoms with Crippen molar-refractivity contribution in [1.29, 1.82) is 0 Å². The Morgan fingerprint density at radius 1 is 0.735 bits per heavy atom. The van der Waals surface area contributed by atoms with Crippen molar-refractivity contribution in [3.05, 3.63) is 17.4 Å². The van der Waals surface area contributed by atoms with E-state index in [1.54, 1.807) is 0 Å². The van der Waals surface area contributed by atoms with E-state index in [1.807, 2.05) is 6.21 Å². The van der Waals surface area contributed by atoms with Gasteiger partial charge in [-0.25, -0.2) is 5.43 Å². The number of amides is 1. The molecule has 0 radical (unpaired) electrons. The smallest absolute Gasteiger partial charge is 0.240 e. The summed E-state index contributed by atoms with van der Waals surface area (Å²) < 4.78 is 0. The van der Waals surface area contributed by atoms with Gasteiger partial charge < -0.3 is 0 Å². The van der Waals surface area contributed by atoms with E-state index in [-0.39, 0.29) is 11.3 Å². The van der Waals surface area contributed by atoms with E-state index in [1.165, 1.54) is 89.0 Å². The van der Waals surface area contributed by atoms with Gasteiger partial charge in [-0.05, 0) is 44.8 Å². The van der Waals surface area contributed by atoms with Crippen LogP contribution in [0.2, 0.25) is 0 Å². The molecule has 198 valence electrons. The lowest BCUT2D eigenvalue weighted by Crippen LogP contribution is -2.23. The molecule has 0 aliphatic rings. The lowest BCUT2D eigenvalue weighted by atomic mass is 9.81. The molecule has 0 aromatic heterocycles. The standard InChI is InChI=1S/C31H58N2O/c1-6-9-11-12-13-14-15-16-17-18-19-20-21-22-23-24-30(34)33-32-28-31(8-3,26-10-7-2)27-25-29(4)5/h27-28H,6-24,26H2,1-5H3,(H,33,34)/b32-28+/t31-/m1/s1. The highest BCUT2D eigenvalue weighted by Crippen LogP contribution is 2.28. The minimum Gasteiger partial charge on any atom is -0.273 e. The first-order valence-corrected chi connectivity index (χ1v) is 14.7. The number of carbonyl (C=O) groups is 1. The fraction of sp³-hybridized carbons (Fsp3) is 0.839. The molecule has 0 heterocycles. The number of carbonyl (C=O) groups excluding carboxylic acids is 1. The van der Waals surface area contributed by atoms with Gasteiger partial charge in [-0.15, -0.1) is 5.73 Å². The van der Waals surface area contributed by atoms with Crippen LogP contribution < -0.4 is 5.43 Å². The predicted molar refractivity (Wildman–Crippen MR) is 151 cm³/mol. The van der Waals surface area contributed by atoms with E-state index in [0.29, 0.717) is 6.42 Å². The van der Waals surface area contributed by atoms with Crippen LogP contribution in [0.15, 0.2) is 22.5 Å². The second kappa shape index (κ2) is 23.4. The average Bonchev–Trinajstić information content (AvgIpc) is 2.83. The van der Waals surface area contributed by atoms with Crippen molar-refractivity contribution >= 4 is 12.1 Å². The first-order chi connectivity index (χ1) is 16.5. The maximum Gasteiger partial charge on any atom is 0.240 e. The van der Waals surface area contributed by atoms with Crippen LogP contribution >= 0.6 is 0 Å². The highest BCUT2D eigenvalue weighted by Gasteiger charge is 2.22. The second-order valence-electron chi connectivity index (χ2n) is 10.5. The van der Waals surface area contributed by atoms with Crippen LogP contribution in [0, 0.1) is 5.41 Å². The third-order valence-corrected chi connectivity index (χ3v) is 6.82. The number of rotatable bonds is 23. The Bertz CT molecular complexity index is 570. The predicted octanol–water partition coefficient (Wildman–Crippen LogP) is 10.1. The molecule has 1 N–H and O–H groups in total. The van der Waals surface area contributed by atoms with Crippen LogP contribution in [0.1, 0.15) is 163 Å². The Balaban J connectivity index is 3.86. The van der Waals surface area contributed by atoms with Crippen molar-refractivity contribution in [2.24, 2.45) is 10.5 Å². The monoisotopic (exact) mass is 474 g/mol. The molecule has 0 aliphatic heterocycles. The van der Waals surface area contributed by atoms with Crippen LogP contribution in [-0.2, 0) is 4.79 Å². The highest BCUT2D eigenvalue weighted by atomic mass is 16.2. The molecule has 0 saturated heterocycles. The van der Waals surface area contributed by atoms with E-state index in [2.05, 4.69) is 57.0 Å². The van der Waals surface area contributed by atoms with Crippen molar-refractivity contribution in [1.82, 2.24) is 5.43 Å². The van der Waals surface area contributed by atoms with Gasteiger partial charge in [0.25, 0.3) is 0 Å². The van der Waals surface area contributed by atoms with Crippen LogP contribution in [0.25, 0.3) is 0 Å². The minimum atomic E-state index is -0.116. The van der Waals surface area contributed by atoms with Crippen molar-refractivity contribution in [2.45, 2.75) is 163 Å². The van der Waals surface area contributed by atoms with Crippen LogP contribution in [0.4, 0.5) is 0 Å². The van der Waals surface area contributed by atoms with Gasteiger partial charge in [-0.1, -0.05) is 124 Å². The number of allylic oxidation sites excluding steroid dienone is 1. The summed E-state index contributed by atoms with van der Waals surface area (Å²) in [4.78, 5) is 12.2. The first kappa shape index (κ1) is 32.7. The van der Waals surface area contributed by atoms with E-state index in [0.717, 1.165) is 38.5 Å². The molecule has 3 nitrogen and oxygen atoms in total. The quantitative estimate of drug-likeness (QED) is 0.0680. The lowest BCUT2D eigenvalue weighted by molar-refractivity contribution is -0.121. The van der Waals surface area contributed by atoms with Gasteiger partial charge in [-0.3, -0.25) is 4.79 Å². The van der Waals surface area contributed by atoms with Crippen molar-refractivity contribution in [2.75, 3.05) is 0 Å². The number of hydrazone groups is 1. The van der Waals surface area contributed by atoms with Gasteiger partial charge in [-0.2, -0.15) is 5.10 Å². The lowest BCUT2D eigenvalue weighted by Gasteiger charge is -2.23. The Hall–Kier alpha value is -1.34. The Labute approximate surface area is 213 Å². The molecule has 0 aliphatic carbocycles. The summed E-state index contributed by atoms with van der Waals surface area (Å²) in [7, 11) is 0. The molecule has 0 aromatic carbocycles. The Morgan fingerprint density at radius 3 is 1.65 bits per heavy atom. The SMILES string of the molecule is CCCCCCCCCCCCCCCCCC(=O)N/N=C/[C@](C=C=C(C)C)(CC)CCCC. The summed E-state index contributed by atoms with van der Waals surface area (Å²) in [6.45, 7) is 10.8. The fourth-order valence-electron chi connectivity index (χ4n) is 4.28. The van der Waals surface area contributed by atoms with E-state index in [4.69, 9.17) is 0 Å². The summed E-state index contributed by atoms with van der Waals surface area (Å²) in [5.74, 6) is 0.0395. The largest absolute Gasteiger partial charge is 0.273 e. The maximum absolute atomic E-state index is 12.2. The molecule has 0 aromatic rings. The third-order valence-electron chi connectivity index (χ3n) is 6.82. The van der Waals surface area contributed by atoms with Crippen LogP contribution in [-0.4, -0.2) is 12.1 Å². The van der Waals surface area contributed by atoms with Gasteiger partial charge >= 0.3 is 0 Å². The topological polar surface area (TPSA) is 41.5 Å². The molecule has 1 amide bonds. The summed E-state index contributed by atoms with van der Waals surface area (Å²) in [6.07, 6.45) is 29.1. The van der Waals surface area contributed by atoms with E-state index in [9.17, 15) is 4.79 Å². The van der Waals surface area contributed by atoms with E-state index < -0.39 is 0 Å². The summed E-state index contributed by atoms with van der Waals surface area (Å²) in [6, 6.07) is 0. The second-order valence-corrected chi connectivity index (χ2v) is 10.5. The molecule has 0 saturated carbocycles. The molecule has 3 heteroatoms. The number of hydrogen-bond donors (Lipinski definition) is 1. The zero-order chi connectivity index (χ0) is 25.3. The first-order valence-electron chi connectivity index (χ1n) is 14.7. The number of hydrogen-bond acceptors (Lipinski definition) is 2. The Kier molecular flexibility index (Phi) is 22.5. The zero-order valence-corrected chi connectivity index (χ0v) is 23.7. The minimum absolute atomic E-state index is 0.0395. The molecule has 0 rings (SSSR count). The normalized spacial score (nSPS) is 13.0. The summed E-state index contributed by atoms with van der Waals surface area (Å²) in [5.41, 5.74) is 7.17. The van der Waals surface area contributed by atoms with Crippen LogP contribution in [0.3, 0.4) is 0 Å². The van der Waals surface area contributed by atoms with Gasteiger partial charge in [0.2, 0.25) is 5.91 Å². The number of nitrogens with one attached hydrogen (secondary N) is 1. The van der Waals surface area contributed by atoms with Gasteiger partial charge in [0.1, 0.15) is 0 Å². The van der Waals surface area contributed by atoms with Gasteiger partial charge in [0.15, 0.2) is 0 Å². The van der Waals surface area contributed by atoms with E-state index >= 15 is 0 Å².